The maximum atomic E-state index is 14.7. The lowest BCUT2D eigenvalue weighted by Crippen LogP contribution is -2.40. The highest BCUT2D eigenvalue weighted by atomic mass is 16.1. The highest BCUT2D eigenvalue weighted by molar-refractivity contribution is 6.26. The van der Waals surface area contributed by atoms with Crippen LogP contribution in [0.15, 0.2) is 150 Å². The van der Waals surface area contributed by atoms with E-state index in [1.165, 1.54) is 49.2 Å². The van der Waals surface area contributed by atoms with Gasteiger partial charge in [0.05, 0.1) is 33.2 Å². The van der Waals surface area contributed by atoms with E-state index in [1.54, 1.807) is 0 Å². The van der Waals surface area contributed by atoms with Gasteiger partial charge in [-0.2, -0.15) is 0 Å². The van der Waals surface area contributed by atoms with Crippen molar-refractivity contribution in [3.05, 3.63) is 178 Å². The SMILES string of the molecule is O=c1c2ccccc2c2cccc3c2n1-c1ccc(-c2ccccc2)cc1C31c2cccc3c4cccc5c6cccc1c6n(c23)c45. The van der Waals surface area contributed by atoms with Crippen LogP contribution in [-0.2, 0) is 5.41 Å². The minimum Gasteiger partial charge on any atom is -0.307 e. The Morgan fingerprint density at radius 2 is 0.894 bits per heavy atom. The lowest BCUT2D eigenvalue weighted by molar-refractivity contribution is 0.722. The summed E-state index contributed by atoms with van der Waals surface area (Å²) in [6.45, 7) is 0. The Morgan fingerprint density at radius 1 is 0.383 bits per heavy atom. The van der Waals surface area contributed by atoms with Gasteiger partial charge in [-0.05, 0) is 57.0 Å². The molecule has 10 aromatic rings. The molecule has 0 saturated heterocycles. The van der Waals surface area contributed by atoms with Crippen molar-refractivity contribution in [3.8, 4) is 16.8 Å². The zero-order valence-electron chi connectivity index (χ0n) is 25.2. The molecule has 3 aromatic heterocycles. The van der Waals surface area contributed by atoms with E-state index in [1.807, 2.05) is 22.8 Å². The fraction of sp³-hybridized carbons (Fsp3) is 0.0227. The molecule has 0 fully saturated rings. The summed E-state index contributed by atoms with van der Waals surface area (Å²) in [5, 5.41) is 7.95. The third-order valence-electron chi connectivity index (χ3n) is 11.2. The molecule has 0 N–H and O–H groups in total. The summed E-state index contributed by atoms with van der Waals surface area (Å²) < 4.78 is 4.54. The second-order valence-electron chi connectivity index (χ2n) is 13.2. The van der Waals surface area contributed by atoms with Gasteiger partial charge >= 0.3 is 0 Å². The van der Waals surface area contributed by atoms with Crippen molar-refractivity contribution in [1.29, 1.82) is 0 Å². The van der Waals surface area contributed by atoms with Crippen molar-refractivity contribution < 1.29 is 0 Å². The normalized spacial score (nSPS) is 14.2. The molecule has 216 valence electrons. The topological polar surface area (TPSA) is 26.4 Å². The molecular weight excluding hydrogens is 572 g/mol. The number of nitrogens with zero attached hydrogens (tertiary/aromatic N) is 2. The van der Waals surface area contributed by atoms with Crippen LogP contribution in [0.4, 0.5) is 0 Å². The smallest absolute Gasteiger partial charge is 0.263 e. The standard InChI is InChI=1S/C44H24N2O/c47-43-33-13-5-4-12-27(33)28-16-7-19-34-40(28)45(43)38-23-22-26(25-10-2-1-3-11-25)24-37(38)44(34)35-20-8-17-31-29-14-6-15-30-32-18-9-21-36(44)42(32)46(39(29)30)41(31)35/h1-24H. The lowest BCUT2D eigenvalue weighted by atomic mass is 9.61. The van der Waals surface area contributed by atoms with Gasteiger partial charge in [0.15, 0.2) is 0 Å². The minimum atomic E-state index is -0.666. The molecule has 0 saturated carbocycles. The number of benzene rings is 7. The molecule has 0 bridgehead atoms. The third kappa shape index (κ3) is 2.54. The first-order valence-corrected chi connectivity index (χ1v) is 16.2. The summed E-state index contributed by atoms with van der Waals surface area (Å²) in [4.78, 5) is 14.7. The van der Waals surface area contributed by atoms with Crippen molar-refractivity contribution in [3.63, 3.8) is 0 Å². The number of pyridine rings is 1. The van der Waals surface area contributed by atoms with E-state index in [4.69, 9.17) is 0 Å². The van der Waals surface area contributed by atoms with Crippen molar-refractivity contribution in [1.82, 2.24) is 8.97 Å². The number of aromatic nitrogens is 2. The van der Waals surface area contributed by atoms with Gasteiger partial charge in [-0.15, -0.1) is 0 Å². The van der Waals surface area contributed by atoms with Gasteiger partial charge < -0.3 is 4.40 Å². The summed E-state index contributed by atoms with van der Waals surface area (Å²) in [6, 6.07) is 52.5. The van der Waals surface area contributed by atoms with Crippen LogP contribution in [-0.4, -0.2) is 8.97 Å². The third-order valence-corrected chi connectivity index (χ3v) is 11.2. The molecule has 2 aliphatic rings. The highest BCUT2D eigenvalue weighted by Gasteiger charge is 2.50. The second-order valence-corrected chi connectivity index (χ2v) is 13.2. The quantitative estimate of drug-likeness (QED) is 0.173. The summed E-state index contributed by atoms with van der Waals surface area (Å²) >= 11 is 0. The molecular formula is C44H24N2O. The first-order valence-electron chi connectivity index (χ1n) is 16.2. The van der Waals surface area contributed by atoms with E-state index >= 15 is 0 Å². The molecule has 7 aromatic carbocycles. The van der Waals surface area contributed by atoms with Crippen molar-refractivity contribution >= 4 is 59.8 Å². The molecule has 3 nitrogen and oxygen atoms in total. The zero-order valence-corrected chi connectivity index (χ0v) is 25.2. The predicted molar refractivity (Wildman–Crippen MR) is 193 cm³/mol. The number of hydrogen-bond acceptors (Lipinski definition) is 1. The van der Waals surface area contributed by atoms with Gasteiger partial charge in [0, 0.05) is 32.3 Å². The average Bonchev–Trinajstić information content (AvgIpc) is 3.66. The Labute approximate surface area is 268 Å². The van der Waals surface area contributed by atoms with Gasteiger partial charge in [0.1, 0.15) is 0 Å². The van der Waals surface area contributed by atoms with Crippen LogP contribution in [0.3, 0.4) is 0 Å². The van der Waals surface area contributed by atoms with E-state index in [9.17, 15) is 4.79 Å². The van der Waals surface area contributed by atoms with E-state index in [2.05, 4.69) is 132 Å². The maximum Gasteiger partial charge on any atom is 0.263 e. The molecule has 3 heteroatoms. The number of rotatable bonds is 1. The second kappa shape index (κ2) is 7.96. The van der Waals surface area contributed by atoms with Gasteiger partial charge in [0.25, 0.3) is 5.56 Å². The molecule has 0 radical (unpaired) electrons. The van der Waals surface area contributed by atoms with E-state index in [0.717, 1.165) is 49.6 Å². The monoisotopic (exact) mass is 596 g/mol. The van der Waals surface area contributed by atoms with Gasteiger partial charge in [-0.3, -0.25) is 9.36 Å². The number of para-hydroxylation sites is 4. The lowest BCUT2D eigenvalue weighted by Gasteiger charge is -2.44. The largest absolute Gasteiger partial charge is 0.307 e. The molecule has 47 heavy (non-hydrogen) atoms. The van der Waals surface area contributed by atoms with Crippen molar-refractivity contribution in [2.24, 2.45) is 0 Å². The molecule has 0 amide bonds. The van der Waals surface area contributed by atoms with Crippen LogP contribution in [0.2, 0.25) is 0 Å². The Morgan fingerprint density at radius 3 is 1.55 bits per heavy atom. The fourth-order valence-corrected chi connectivity index (χ4v) is 9.54. The van der Waals surface area contributed by atoms with Crippen molar-refractivity contribution in [2.75, 3.05) is 0 Å². The average molecular weight is 597 g/mol. The Bertz CT molecular complexity index is 3000. The summed E-state index contributed by atoms with van der Waals surface area (Å²) in [5.41, 5.74) is 12.2. The van der Waals surface area contributed by atoms with Crippen molar-refractivity contribution in [2.45, 2.75) is 5.41 Å². The van der Waals surface area contributed by atoms with Crippen LogP contribution in [0.25, 0.3) is 76.6 Å². The summed E-state index contributed by atoms with van der Waals surface area (Å²) in [6.07, 6.45) is 0. The number of fused-ring (bicyclic) bond motifs is 10. The molecule has 0 atom stereocenters. The Hall–Kier alpha value is -6.19. The summed E-state index contributed by atoms with van der Waals surface area (Å²) in [5.74, 6) is 0. The molecule has 5 heterocycles. The number of hydrogen-bond donors (Lipinski definition) is 0. The Balaban J connectivity index is 1.40. The molecule has 0 unspecified atom stereocenters. The predicted octanol–water partition coefficient (Wildman–Crippen LogP) is 9.97. The van der Waals surface area contributed by atoms with Crippen LogP contribution in [0.1, 0.15) is 22.3 Å². The fourth-order valence-electron chi connectivity index (χ4n) is 9.54. The Kier molecular flexibility index (Phi) is 4.08. The van der Waals surface area contributed by atoms with Crippen LogP contribution in [0, 0.1) is 0 Å². The zero-order chi connectivity index (χ0) is 30.6. The molecule has 1 spiro atoms. The van der Waals surface area contributed by atoms with Gasteiger partial charge in [-0.1, -0.05) is 127 Å². The maximum absolute atomic E-state index is 14.7. The van der Waals surface area contributed by atoms with E-state index < -0.39 is 5.41 Å². The molecule has 12 rings (SSSR count). The van der Waals surface area contributed by atoms with Crippen LogP contribution < -0.4 is 5.56 Å². The van der Waals surface area contributed by atoms with E-state index in [-0.39, 0.29) is 5.56 Å². The van der Waals surface area contributed by atoms with Crippen LogP contribution >= 0.6 is 0 Å². The first kappa shape index (κ1) is 24.1. The molecule has 2 aliphatic heterocycles. The minimum absolute atomic E-state index is 0.0223. The highest BCUT2D eigenvalue weighted by Crippen LogP contribution is 2.59. The molecule has 0 aliphatic carbocycles. The van der Waals surface area contributed by atoms with E-state index in [0.29, 0.717) is 0 Å². The first-order chi connectivity index (χ1) is 23.3. The van der Waals surface area contributed by atoms with Crippen LogP contribution in [0.5, 0.6) is 0 Å². The summed E-state index contributed by atoms with van der Waals surface area (Å²) in [7, 11) is 0. The van der Waals surface area contributed by atoms with Gasteiger partial charge in [0.2, 0.25) is 0 Å². The van der Waals surface area contributed by atoms with Gasteiger partial charge in [-0.25, -0.2) is 0 Å².